The fourth-order valence-electron chi connectivity index (χ4n) is 5.03. The molecular formula is C24H34Br2N2O4. The lowest BCUT2D eigenvalue weighted by atomic mass is 9.72. The van der Waals surface area contributed by atoms with Gasteiger partial charge in [0.1, 0.15) is 0 Å². The monoisotopic (exact) mass is 572 g/mol. The van der Waals surface area contributed by atoms with Crippen molar-refractivity contribution in [2.75, 3.05) is 0 Å². The molecule has 0 aliphatic heterocycles. The quantitative estimate of drug-likeness (QED) is 0.191. The van der Waals surface area contributed by atoms with Crippen molar-refractivity contribution in [1.29, 1.82) is 0 Å². The highest BCUT2D eigenvalue weighted by molar-refractivity contribution is 8.93. The van der Waals surface area contributed by atoms with Gasteiger partial charge >= 0.3 is 0 Å². The summed E-state index contributed by atoms with van der Waals surface area (Å²) in [6.07, 6.45) is 8.04. The van der Waals surface area contributed by atoms with Gasteiger partial charge in [-0.3, -0.25) is 0 Å². The summed E-state index contributed by atoms with van der Waals surface area (Å²) >= 11 is 0. The van der Waals surface area contributed by atoms with Gasteiger partial charge in [-0.15, -0.1) is 34.0 Å². The standard InChI is InChI=1S/C24H32N2O4.2BrH/c25-19(17-7-13-9-21(27)23(29)11-15(13)17)5-3-1-2-4-6-20(26)18-8-14-10-22(28)24(30)12-16(14)18;;/h9-12,17-20,27-30H,1-8,25-26H2;2*1H. The van der Waals surface area contributed by atoms with Crippen LogP contribution >= 0.6 is 34.0 Å². The smallest absolute Gasteiger partial charge is 0.157 e. The summed E-state index contributed by atoms with van der Waals surface area (Å²) in [7, 11) is 0. The van der Waals surface area contributed by atoms with E-state index in [0.29, 0.717) is 0 Å². The molecule has 178 valence electrons. The summed E-state index contributed by atoms with van der Waals surface area (Å²) in [5, 5.41) is 38.5. The van der Waals surface area contributed by atoms with Crippen LogP contribution in [0.5, 0.6) is 23.0 Å². The number of hydrogen-bond donors (Lipinski definition) is 6. The minimum atomic E-state index is -0.0666. The molecule has 2 aliphatic rings. The van der Waals surface area contributed by atoms with Crippen molar-refractivity contribution in [2.24, 2.45) is 11.5 Å². The van der Waals surface area contributed by atoms with E-state index in [1.54, 1.807) is 24.3 Å². The lowest BCUT2D eigenvalue weighted by Crippen LogP contribution is -2.35. The molecule has 32 heavy (non-hydrogen) atoms. The SMILES string of the molecule is Br.Br.NC(CCCCCCC(N)C1Cc2cc(O)c(O)cc21)C1Cc2cc(O)c(O)cc21. The molecule has 0 heterocycles. The normalized spacial score (nSPS) is 19.8. The number of hydrogen-bond acceptors (Lipinski definition) is 6. The molecule has 0 amide bonds. The van der Waals surface area contributed by atoms with Crippen LogP contribution in [0.25, 0.3) is 0 Å². The number of unbranched alkanes of at least 4 members (excludes halogenated alkanes) is 3. The van der Waals surface area contributed by atoms with E-state index >= 15 is 0 Å². The average Bonchev–Trinajstić information content (AvgIpc) is 2.69. The van der Waals surface area contributed by atoms with Crippen LogP contribution in [0.2, 0.25) is 0 Å². The Kier molecular flexibility index (Phi) is 9.28. The lowest BCUT2D eigenvalue weighted by Gasteiger charge is -2.35. The molecule has 0 aromatic heterocycles. The second kappa shape index (κ2) is 11.1. The molecule has 0 saturated carbocycles. The van der Waals surface area contributed by atoms with Crippen molar-refractivity contribution in [1.82, 2.24) is 0 Å². The van der Waals surface area contributed by atoms with E-state index in [1.807, 2.05) is 0 Å². The van der Waals surface area contributed by atoms with Crippen LogP contribution in [-0.2, 0) is 12.8 Å². The van der Waals surface area contributed by atoms with E-state index in [2.05, 4.69) is 0 Å². The molecule has 2 aromatic carbocycles. The van der Waals surface area contributed by atoms with Crippen LogP contribution in [0.15, 0.2) is 24.3 Å². The summed E-state index contributed by atoms with van der Waals surface area (Å²) in [5.41, 5.74) is 17.1. The van der Waals surface area contributed by atoms with E-state index in [0.717, 1.165) is 73.6 Å². The largest absolute Gasteiger partial charge is 0.504 e. The molecule has 0 bridgehead atoms. The number of fused-ring (bicyclic) bond motifs is 2. The Morgan fingerprint density at radius 1 is 0.625 bits per heavy atom. The Bertz CT molecular complexity index is 865. The zero-order valence-corrected chi connectivity index (χ0v) is 21.5. The number of benzene rings is 2. The van der Waals surface area contributed by atoms with Gasteiger partial charge in [-0.25, -0.2) is 0 Å². The molecule has 0 spiro atoms. The average molecular weight is 574 g/mol. The first-order valence-corrected chi connectivity index (χ1v) is 11.0. The van der Waals surface area contributed by atoms with Crippen LogP contribution in [0.3, 0.4) is 0 Å². The van der Waals surface area contributed by atoms with Gasteiger partial charge in [0.2, 0.25) is 0 Å². The molecule has 4 unspecified atom stereocenters. The molecule has 4 atom stereocenters. The first kappa shape index (κ1) is 26.8. The summed E-state index contributed by atoms with van der Waals surface area (Å²) in [6.45, 7) is 0. The Morgan fingerprint density at radius 3 is 1.34 bits per heavy atom. The van der Waals surface area contributed by atoms with E-state index in [9.17, 15) is 20.4 Å². The molecular weight excluding hydrogens is 540 g/mol. The number of aromatic hydroxyl groups is 4. The van der Waals surface area contributed by atoms with Gasteiger partial charge in [0.15, 0.2) is 23.0 Å². The van der Waals surface area contributed by atoms with Crippen molar-refractivity contribution in [3.63, 3.8) is 0 Å². The maximum absolute atomic E-state index is 9.69. The minimum Gasteiger partial charge on any atom is -0.504 e. The predicted molar refractivity (Wildman–Crippen MR) is 137 cm³/mol. The molecule has 8 N–H and O–H groups in total. The highest BCUT2D eigenvalue weighted by Crippen LogP contribution is 2.44. The summed E-state index contributed by atoms with van der Waals surface area (Å²) in [6, 6.07) is 6.75. The van der Waals surface area contributed by atoms with Crippen LogP contribution in [-0.4, -0.2) is 32.5 Å². The van der Waals surface area contributed by atoms with E-state index in [-0.39, 0.29) is 80.9 Å². The van der Waals surface area contributed by atoms with Crippen LogP contribution in [0, 0.1) is 0 Å². The fraction of sp³-hybridized carbons (Fsp3) is 0.500. The molecule has 0 saturated heterocycles. The third-order valence-electron chi connectivity index (χ3n) is 7.01. The number of phenols is 4. The van der Waals surface area contributed by atoms with Gasteiger partial charge in [0.05, 0.1) is 0 Å². The maximum Gasteiger partial charge on any atom is 0.157 e. The number of phenolic OH excluding ortho intramolecular Hbond substituents is 4. The highest BCUT2D eigenvalue weighted by atomic mass is 79.9. The Labute approximate surface area is 210 Å². The Morgan fingerprint density at radius 2 is 0.969 bits per heavy atom. The maximum atomic E-state index is 9.69. The first-order valence-electron chi connectivity index (χ1n) is 11.0. The van der Waals surface area contributed by atoms with Crippen molar-refractivity contribution in [3.8, 4) is 23.0 Å². The van der Waals surface area contributed by atoms with Crippen LogP contribution < -0.4 is 11.5 Å². The summed E-state index contributed by atoms with van der Waals surface area (Å²) < 4.78 is 0. The molecule has 2 aromatic rings. The number of halogens is 2. The number of rotatable bonds is 9. The van der Waals surface area contributed by atoms with Crippen molar-refractivity contribution < 1.29 is 20.4 Å². The fourth-order valence-corrected chi connectivity index (χ4v) is 5.03. The van der Waals surface area contributed by atoms with Crippen LogP contribution in [0.1, 0.15) is 72.6 Å². The van der Waals surface area contributed by atoms with Crippen molar-refractivity contribution in [3.05, 3.63) is 46.5 Å². The second-order valence-electron chi connectivity index (χ2n) is 9.02. The van der Waals surface area contributed by atoms with Gasteiger partial charge in [-0.2, -0.15) is 0 Å². The van der Waals surface area contributed by atoms with Gasteiger partial charge in [0.25, 0.3) is 0 Å². The molecule has 0 radical (unpaired) electrons. The minimum absolute atomic E-state index is 0. The number of nitrogens with two attached hydrogens (primary N) is 2. The molecule has 2 aliphatic carbocycles. The van der Waals surface area contributed by atoms with Gasteiger partial charge in [-0.05, 0) is 72.2 Å². The molecule has 0 fully saturated rings. The van der Waals surface area contributed by atoms with Gasteiger partial charge < -0.3 is 31.9 Å². The lowest BCUT2D eigenvalue weighted by molar-refractivity contribution is 0.388. The van der Waals surface area contributed by atoms with Crippen LogP contribution in [0.4, 0.5) is 0 Å². The van der Waals surface area contributed by atoms with E-state index in [1.165, 1.54) is 0 Å². The predicted octanol–water partition coefficient (Wildman–Crippen LogP) is 4.64. The molecule has 6 nitrogen and oxygen atoms in total. The van der Waals surface area contributed by atoms with E-state index in [4.69, 9.17) is 11.5 Å². The molecule has 4 rings (SSSR count). The summed E-state index contributed by atoms with van der Waals surface area (Å²) in [4.78, 5) is 0. The Hall–Kier alpha value is -1.48. The third-order valence-corrected chi connectivity index (χ3v) is 7.01. The second-order valence-corrected chi connectivity index (χ2v) is 9.02. The third kappa shape index (κ3) is 5.35. The topological polar surface area (TPSA) is 133 Å². The van der Waals surface area contributed by atoms with Crippen molar-refractivity contribution in [2.45, 2.75) is 75.3 Å². The zero-order valence-electron chi connectivity index (χ0n) is 18.0. The van der Waals surface area contributed by atoms with Gasteiger partial charge in [0, 0.05) is 23.9 Å². The Balaban J connectivity index is 0.00000181. The highest BCUT2D eigenvalue weighted by Gasteiger charge is 2.33. The zero-order chi connectivity index (χ0) is 21.4. The van der Waals surface area contributed by atoms with E-state index < -0.39 is 0 Å². The van der Waals surface area contributed by atoms with Crippen molar-refractivity contribution >= 4 is 34.0 Å². The summed E-state index contributed by atoms with van der Waals surface area (Å²) in [5.74, 6) is 0.300. The van der Waals surface area contributed by atoms with Gasteiger partial charge in [-0.1, -0.05) is 25.7 Å². The molecule has 8 heteroatoms. The first-order chi connectivity index (χ1) is 14.3.